The molecule has 5 rings (SSSR count). The fraction of sp³-hybridized carbons (Fsp3) is 0.250. The lowest BCUT2D eigenvalue weighted by Crippen LogP contribution is -2.43. The molecule has 3 aromatic heterocycles. The first-order chi connectivity index (χ1) is 18.4. The smallest absolute Gasteiger partial charge is 0.255 e. The highest BCUT2D eigenvalue weighted by Crippen LogP contribution is 2.26. The van der Waals surface area contributed by atoms with E-state index in [0.717, 1.165) is 55.2 Å². The number of aryl methyl sites for hydroxylation is 1. The quantitative estimate of drug-likeness (QED) is 0.358. The van der Waals surface area contributed by atoms with Crippen molar-refractivity contribution < 1.29 is 4.79 Å². The normalized spacial score (nSPS) is 14.3. The summed E-state index contributed by atoms with van der Waals surface area (Å²) in [5, 5.41) is 6.68. The Kier molecular flexibility index (Phi) is 7.88. The molecule has 4 aromatic rings. The van der Waals surface area contributed by atoms with Gasteiger partial charge in [-0.3, -0.25) is 14.7 Å². The summed E-state index contributed by atoms with van der Waals surface area (Å²) >= 11 is 6.59. The van der Waals surface area contributed by atoms with E-state index < -0.39 is 0 Å². The molecule has 0 saturated carbocycles. The van der Waals surface area contributed by atoms with Gasteiger partial charge in [-0.1, -0.05) is 17.7 Å². The van der Waals surface area contributed by atoms with Crippen molar-refractivity contribution in [2.24, 2.45) is 0 Å². The van der Waals surface area contributed by atoms with Crippen LogP contribution in [-0.2, 0) is 6.54 Å². The SMILES string of the molecule is Cc1ccc(NC(=O)c2ccc(CN3CCN(C)CC3)c(Cl)c2)c(Nc2nccc(-c3cccnc3)n2)n1. The van der Waals surface area contributed by atoms with Crippen molar-refractivity contribution in [1.82, 2.24) is 29.7 Å². The van der Waals surface area contributed by atoms with Crippen molar-refractivity contribution >= 4 is 35.0 Å². The number of aromatic nitrogens is 4. The number of carbonyl (C=O) groups is 1. The molecule has 0 spiro atoms. The minimum atomic E-state index is -0.281. The van der Waals surface area contributed by atoms with Crippen LogP contribution in [0.2, 0.25) is 5.02 Å². The van der Waals surface area contributed by atoms with Gasteiger partial charge in [-0.2, -0.15) is 0 Å². The number of hydrogen-bond donors (Lipinski definition) is 2. The van der Waals surface area contributed by atoms with Crippen molar-refractivity contribution in [3.8, 4) is 11.3 Å². The highest BCUT2D eigenvalue weighted by Gasteiger charge is 2.17. The number of anilines is 3. The molecule has 0 bridgehead atoms. The molecule has 38 heavy (non-hydrogen) atoms. The average molecular weight is 529 g/mol. The van der Waals surface area contributed by atoms with E-state index in [1.165, 1.54) is 0 Å². The summed E-state index contributed by atoms with van der Waals surface area (Å²) < 4.78 is 0. The van der Waals surface area contributed by atoms with Gasteiger partial charge in [0.1, 0.15) is 0 Å². The molecule has 0 atom stereocenters. The number of rotatable bonds is 7. The number of nitrogens with zero attached hydrogens (tertiary/aromatic N) is 6. The van der Waals surface area contributed by atoms with Crippen LogP contribution >= 0.6 is 11.6 Å². The molecular weight excluding hydrogens is 500 g/mol. The zero-order valence-corrected chi connectivity index (χ0v) is 22.1. The topological polar surface area (TPSA) is 99.2 Å². The Bertz CT molecular complexity index is 1420. The van der Waals surface area contributed by atoms with Gasteiger partial charge in [-0.15, -0.1) is 0 Å². The summed E-state index contributed by atoms with van der Waals surface area (Å²) in [5.41, 5.74) is 4.37. The van der Waals surface area contributed by atoms with Crippen molar-refractivity contribution in [2.75, 3.05) is 43.9 Å². The van der Waals surface area contributed by atoms with Gasteiger partial charge in [0, 0.05) is 73.2 Å². The van der Waals surface area contributed by atoms with Crippen LogP contribution in [0.5, 0.6) is 0 Å². The van der Waals surface area contributed by atoms with Crippen LogP contribution in [0.15, 0.2) is 67.1 Å². The fourth-order valence-electron chi connectivity index (χ4n) is 4.21. The molecule has 1 saturated heterocycles. The molecule has 10 heteroatoms. The summed E-state index contributed by atoms with van der Waals surface area (Å²) in [6, 6.07) is 14.7. The third kappa shape index (κ3) is 6.31. The molecule has 0 aliphatic carbocycles. The largest absolute Gasteiger partial charge is 0.319 e. The minimum Gasteiger partial charge on any atom is -0.319 e. The van der Waals surface area contributed by atoms with Gasteiger partial charge >= 0.3 is 0 Å². The van der Waals surface area contributed by atoms with E-state index >= 15 is 0 Å². The maximum absolute atomic E-state index is 13.2. The summed E-state index contributed by atoms with van der Waals surface area (Å²) in [7, 11) is 2.13. The van der Waals surface area contributed by atoms with Crippen LogP contribution in [0.25, 0.3) is 11.3 Å². The van der Waals surface area contributed by atoms with E-state index in [-0.39, 0.29) is 5.91 Å². The highest BCUT2D eigenvalue weighted by atomic mass is 35.5. The number of piperazine rings is 1. The van der Waals surface area contributed by atoms with Crippen molar-refractivity contribution in [3.05, 3.63) is 89.0 Å². The molecule has 2 N–H and O–H groups in total. The number of amides is 1. The number of pyridine rings is 2. The van der Waals surface area contributed by atoms with E-state index in [4.69, 9.17) is 11.6 Å². The van der Waals surface area contributed by atoms with E-state index in [9.17, 15) is 4.79 Å². The zero-order valence-electron chi connectivity index (χ0n) is 21.4. The van der Waals surface area contributed by atoms with Gasteiger partial charge in [0.05, 0.1) is 11.4 Å². The van der Waals surface area contributed by atoms with E-state index in [0.29, 0.717) is 28.0 Å². The first-order valence-electron chi connectivity index (χ1n) is 12.4. The summed E-state index contributed by atoms with van der Waals surface area (Å²) in [4.78, 5) is 35.5. The fourth-order valence-corrected chi connectivity index (χ4v) is 4.45. The molecule has 1 amide bonds. The Morgan fingerprint density at radius 2 is 1.87 bits per heavy atom. The maximum Gasteiger partial charge on any atom is 0.255 e. The Morgan fingerprint density at radius 1 is 1.03 bits per heavy atom. The first kappa shape index (κ1) is 25.7. The van der Waals surface area contributed by atoms with Gasteiger partial charge in [0.2, 0.25) is 5.95 Å². The molecule has 4 heterocycles. The lowest BCUT2D eigenvalue weighted by atomic mass is 10.1. The van der Waals surface area contributed by atoms with Gasteiger partial charge < -0.3 is 15.5 Å². The Hall–Kier alpha value is -3.92. The van der Waals surface area contributed by atoms with Crippen molar-refractivity contribution in [3.63, 3.8) is 0 Å². The van der Waals surface area contributed by atoms with E-state index in [1.807, 2.05) is 43.3 Å². The molecule has 0 unspecified atom stereocenters. The number of likely N-dealkylation sites (N-methyl/N-ethyl adjacent to an activating group) is 1. The third-order valence-corrected chi connectivity index (χ3v) is 6.78. The Balaban J connectivity index is 1.31. The Labute approximate surface area is 226 Å². The summed E-state index contributed by atoms with van der Waals surface area (Å²) in [6.45, 7) is 6.72. The van der Waals surface area contributed by atoms with Crippen LogP contribution < -0.4 is 10.6 Å². The van der Waals surface area contributed by atoms with Crippen LogP contribution in [0.1, 0.15) is 21.6 Å². The average Bonchev–Trinajstić information content (AvgIpc) is 2.93. The number of carbonyl (C=O) groups excluding carboxylic acids is 1. The second kappa shape index (κ2) is 11.6. The first-order valence-corrected chi connectivity index (χ1v) is 12.8. The predicted molar refractivity (Wildman–Crippen MR) is 150 cm³/mol. The Morgan fingerprint density at radius 3 is 2.63 bits per heavy atom. The zero-order chi connectivity index (χ0) is 26.5. The standard InChI is InChI=1S/C28H29ClN8O/c1-19-5-8-25(26(32-19)35-28-31-11-9-24(34-28)21-4-3-10-30-17-21)33-27(38)20-6-7-22(23(29)16-20)18-37-14-12-36(2)13-15-37/h3-11,16-17H,12-15,18H2,1-2H3,(H,33,38)(H,31,32,34,35). The minimum absolute atomic E-state index is 0.281. The van der Waals surface area contributed by atoms with Gasteiger partial charge in [0.25, 0.3) is 5.91 Å². The van der Waals surface area contributed by atoms with Crippen LogP contribution in [-0.4, -0.2) is 68.9 Å². The van der Waals surface area contributed by atoms with E-state index in [2.05, 4.69) is 47.4 Å². The molecule has 0 radical (unpaired) electrons. The van der Waals surface area contributed by atoms with Gasteiger partial charge in [0.15, 0.2) is 5.82 Å². The molecule has 194 valence electrons. The number of hydrogen-bond acceptors (Lipinski definition) is 8. The van der Waals surface area contributed by atoms with Gasteiger partial charge in [-0.25, -0.2) is 15.0 Å². The lowest BCUT2D eigenvalue weighted by molar-refractivity contribution is 0.102. The van der Waals surface area contributed by atoms with E-state index in [1.54, 1.807) is 30.7 Å². The molecule has 1 aromatic carbocycles. The highest BCUT2D eigenvalue weighted by molar-refractivity contribution is 6.31. The lowest BCUT2D eigenvalue weighted by Gasteiger charge is -2.32. The van der Waals surface area contributed by atoms with Crippen LogP contribution in [0, 0.1) is 6.92 Å². The second-order valence-electron chi connectivity index (χ2n) is 9.32. The van der Waals surface area contributed by atoms with Gasteiger partial charge in [-0.05, 0) is 62.0 Å². The van der Waals surface area contributed by atoms with Crippen LogP contribution in [0.3, 0.4) is 0 Å². The summed E-state index contributed by atoms with van der Waals surface area (Å²) in [5.74, 6) is 0.521. The molecule has 9 nitrogen and oxygen atoms in total. The van der Waals surface area contributed by atoms with Crippen molar-refractivity contribution in [1.29, 1.82) is 0 Å². The van der Waals surface area contributed by atoms with Crippen LogP contribution in [0.4, 0.5) is 17.5 Å². The second-order valence-corrected chi connectivity index (χ2v) is 9.73. The third-order valence-electron chi connectivity index (χ3n) is 6.43. The monoisotopic (exact) mass is 528 g/mol. The number of halogens is 1. The number of benzene rings is 1. The predicted octanol–water partition coefficient (Wildman–Crippen LogP) is 4.64. The maximum atomic E-state index is 13.2. The summed E-state index contributed by atoms with van der Waals surface area (Å²) in [6.07, 6.45) is 5.12. The van der Waals surface area contributed by atoms with Crippen molar-refractivity contribution in [2.45, 2.75) is 13.5 Å². The molecule has 1 aliphatic rings. The molecule has 1 fully saturated rings. The number of nitrogens with one attached hydrogen (secondary N) is 2. The molecule has 1 aliphatic heterocycles. The molecular formula is C28H29ClN8O.